The molecule has 88 valence electrons. The number of methoxy groups -OCH3 is 1. The van der Waals surface area contributed by atoms with Gasteiger partial charge in [0.25, 0.3) is 0 Å². The molecule has 2 aromatic heterocycles. The highest BCUT2D eigenvalue weighted by Gasteiger charge is 2.09. The van der Waals surface area contributed by atoms with E-state index in [2.05, 4.69) is 9.97 Å². The Balaban J connectivity index is 2.56. The zero-order chi connectivity index (χ0) is 12.4. The van der Waals surface area contributed by atoms with E-state index in [4.69, 9.17) is 16.3 Å². The third-order valence-electron chi connectivity index (χ3n) is 2.54. The quantitative estimate of drug-likeness (QED) is 0.817. The van der Waals surface area contributed by atoms with E-state index in [0.717, 1.165) is 22.5 Å². The van der Waals surface area contributed by atoms with E-state index in [1.165, 1.54) is 0 Å². The summed E-state index contributed by atoms with van der Waals surface area (Å²) in [6.07, 6.45) is 1.78. The van der Waals surface area contributed by atoms with E-state index in [1.807, 2.05) is 32.0 Å². The van der Waals surface area contributed by atoms with Crippen LogP contribution in [-0.4, -0.2) is 17.1 Å². The predicted octanol–water partition coefficient (Wildman–Crippen LogP) is 3.42. The minimum absolute atomic E-state index is 0.457. The first kappa shape index (κ1) is 11.9. The fourth-order valence-corrected chi connectivity index (χ4v) is 1.94. The monoisotopic (exact) mass is 248 g/mol. The van der Waals surface area contributed by atoms with Crippen molar-refractivity contribution in [3.8, 4) is 17.0 Å². The molecule has 0 amide bonds. The van der Waals surface area contributed by atoms with E-state index in [9.17, 15) is 0 Å². The van der Waals surface area contributed by atoms with E-state index >= 15 is 0 Å². The van der Waals surface area contributed by atoms with Crippen LogP contribution in [0.3, 0.4) is 0 Å². The molecule has 0 aromatic carbocycles. The van der Waals surface area contributed by atoms with Gasteiger partial charge < -0.3 is 4.74 Å². The summed E-state index contributed by atoms with van der Waals surface area (Å²) < 4.78 is 5.08. The number of hydrogen-bond acceptors (Lipinski definition) is 3. The van der Waals surface area contributed by atoms with Crippen molar-refractivity contribution < 1.29 is 4.74 Å². The largest absolute Gasteiger partial charge is 0.480 e. The second-order valence-corrected chi connectivity index (χ2v) is 4.21. The Morgan fingerprint density at radius 3 is 2.65 bits per heavy atom. The summed E-state index contributed by atoms with van der Waals surface area (Å²) >= 11 is 6.09. The lowest BCUT2D eigenvalue weighted by Gasteiger charge is -2.09. The Kier molecular flexibility index (Phi) is 3.29. The summed E-state index contributed by atoms with van der Waals surface area (Å²) in [5.74, 6) is 0.457. The van der Waals surface area contributed by atoms with Crippen LogP contribution in [0.25, 0.3) is 11.1 Å². The number of ether oxygens (including phenoxy) is 1. The molecule has 17 heavy (non-hydrogen) atoms. The Morgan fingerprint density at radius 1 is 1.24 bits per heavy atom. The maximum absolute atomic E-state index is 6.09. The smallest absolute Gasteiger partial charge is 0.232 e. The molecular weight excluding hydrogens is 236 g/mol. The Labute approximate surface area is 105 Å². The molecule has 4 heteroatoms. The number of hydrogen-bond donors (Lipinski definition) is 0. The van der Waals surface area contributed by atoms with E-state index < -0.39 is 0 Å². The second kappa shape index (κ2) is 4.72. The van der Waals surface area contributed by atoms with Gasteiger partial charge in [-0.2, -0.15) is 0 Å². The van der Waals surface area contributed by atoms with Crippen LogP contribution in [0.1, 0.15) is 11.4 Å². The molecule has 0 radical (unpaired) electrons. The average molecular weight is 249 g/mol. The number of aryl methyl sites for hydroxylation is 2. The fraction of sp³-hybridized carbons (Fsp3) is 0.231. The molecule has 0 saturated heterocycles. The van der Waals surface area contributed by atoms with Gasteiger partial charge in [-0.05, 0) is 37.6 Å². The molecule has 0 N–H and O–H groups in total. The topological polar surface area (TPSA) is 35.0 Å². The summed E-state index contributed by atoms with van der Waals surface area (Å²) in [6, 6.07) is 5.82. The summed E-state index contributed by atoms with van der Waals surface area (Å²) in [6.45, 7) is 3.89. The number of halogens is 1. The van der Waals surface area contributed by atoms with Crippen LogP contribution in [0.15, 0.2) is 24.4 Å². The fourth-order valence-electron chi connectivity index (χ4n) is 1.71. The van der Waals surface area contributed by atoms with Crippen LogP contribution in [0, 0.1) is 13.8 Å². The number of nitrogens with zero attached hydrogens (tertiary/aromatic N) is 2. The van der Waals surface area contributed by atoms with E-state index in [-0.39, 0.29) is 0 Å². The number of rotatable bonds is 2. The minimum Gasteiger partial charge on any atom is -0.480 e. The van der Waals surface area contributed by atoms with Crippen molar-refractivity contribution in [3.63, 3.8) is 0 Å². The van der Waals surface area contributed by atoms with Gasteiger partial charge >= 0.3 is 0 Å². The van der Waals surface area contributed by atoms with Crippen molar-refractivity contribution >= 4 is 11.6 Å². The van der Waals surface area contributed by atoms with Crippen molar-refractivity contribution in [2.45, 2.75) is 13.8 Å². The van der Waals surface area contributed by atoms with Crippen molar-refractivity contribution in [2.24, 2.45) is 0 Å². The molecule has 0 unspecified atom stereocenters. The summed E-state index contributed by atoms with van der Waals surface area (Å²) in [7, 11) is 1.56. The van der Waals surface area contributed by atoms with E-state index in [1.54, 1.807) is 13.3 Å². The second-order valence-electron chi connectivity index (χ2n) is 3.80. The van der Waals surface area contributed by atoms with Gasteiger partial charge in [-0.25, -0.2) is 4.98 Å². The number of aromatic nitrogens is 2. The molecule has 2 heterocycles. The van der Waals surface area contributed by atoms with Crippen LogP contribution in [0.2, 0.25) is 5.02 Å². The first-order chi connectivity index (χ1) is 8.11. The van der Waals surface area contributed by atoms with Crippen molar-refractivity contribution in [3.05, 3.63) is 40.8 Å². The lowest BCUT2D eigenvalue weighted by atomic mass is 10.1. The predicted molar refractivity (Wildman–Crippen MR) is 68.5 cm³/mol. The average Bonchev–Trinajstić information content (AvgIpc) is 2.31. The highest BCUT2D eigenvalue weighted by Crippen LogP contribution is 2.30. The number of pyridine rings is 2. The van der Waals surface area contributed by atoms with E-state index in [0.29, 0.717) is 10.9 Å². The molecule has 0 saturated carbocycles. The highest BCUT2D eigenvalue weighted by molar-refractivity contribution is 6.32. The Hall–Kier alpha value is -1.61. The first-order valence-corrected chi connectivity index (χ1v) is 5.64. The molecule has 0 bridgehead atoms. The van der Waals surface area contributed by atoms with Gasteiger partial charge in [-0.3, -0.25) is 4.98 Å². The maximum Gasteiger partial charge on any atom is 0.232 e. The van der Waals surface area contributed by atoms with Crippen LogP contribution in [0.5, 0.6) is 5.88 Å². The van der Waals surface area contributed by atoms with Crippen molar-refractivity contribution in [2.75, 3.05) is 7.11 Å². The standard InChI is InChI=1S/C13H13ClN2O/c1-8-6-10(4-5-15-8)11-7-12(14)13(17-3)16-9(11)2/h4-7H,1-3H3. The van der Waals surface area contributed by atoms with Crippen LogP contribution in [-0.2, 0) is 0 Å². The lowest BCUT2D eigenvalue weighted by molar-refractivity contribution is 0.397. The van der Waals surface area contributed by atoms with Gasteiger partial charge in [0.1, 0.15) is 5.02 Å². The maximum atomic E-state index is 6.09. The molecule has 0 aliphatic rings. The van der Waals surface area contributed by atoms with Crippen molar-refractivity contribution in [1.29, 1.82) is 0 Å². The molecule has 0 aliphatic carbocycles. The van der Waals surface area contributed by atoms with Gasteiger partial charge in [-0.15, -0.1) is 0 Å². The van der Waals surface area contributed by atoms with Crippen molar-refractivity contribution in [1.82, 2.24) is 9.97 Å². The van der Waals surface area contributed by atoms with Gasteiger partial charge in [0, 0.05) is 23.1 Å². The highest BCUT2D eigenvalue weighted by atomic mass is 35.5. The molecule has 0 aliphatic heterocycles. The van der Waals surface area contributed by atoms with Crippen LogP contribution in [0.4, 0.5) is 0 Å². The normalized spacial score (nSPS) is 10.4. The van der Waals surface area contributed by atoms with Gasteiger partial charge in [0.2, 0.25) is 5.88 Å². The zero-order valence-electron chi connectivity index (χ0n) is 9.99. The first-order valence-electron chi connectivity index (χ1n) is 5.26. The van der Waals surface area contributed by atoms with Gasteiger partial charge in [0.05, 0.1) is 7.11 Å². The molecule has 2 aromatic rings. The van der Waals surface area contributed by atoms with Gasteiger partial charge in [0.15, 0.2) is 0 Å². The Morgan fingerprint density at radius 2 is 2.00 bits per heavy atom. The molecule has 3 nitrogen and oxygen atoms in total. The summed E-state index contributed by atoms with van der Waals surface area (Å²) in [5.41, 5.74) is 3.92. The molecule has 0 spiro atoms. The summed E-state index contributed by atoms with van der Waals surface area (Å²) in [5, 5.41) is 0.516. The van der Waals surface area contributed by atoms with Crippen LogP contribution >= 0.6 is 11.6 Å². The molecule has 0 fully saturated rings. The SMILES string of the molecule is COc1nc(C)c(-c2ccnc(C)c2)cc1Cl. The third-order valence-corrected chi connectivity index (χ3v) is 2.81. The van der Waals surface area contributed by atoms with Crippen LogP contribution < -0.4 is 4.74 Å². The van der Waals surface area contributed by atoms with Gasteiger partial charge in [-0.1, -0.05) is 11.6 Å². The molecule has 0 atom stereocenters. The molecule has 2 rings (SSSR count). The zero-order valence-corrected chi connectivity index (χ0v) is 10.7. The Bertz CT molecular complexity index is 555. The third kappa shape index (κ3) is 2.39. The minimum atomic E-state index is 0.457. The molecular formula is C13H13ClN2O. The summed E-state index contributed by atoms with van der Waals surface area (Å²) in [4.78, 5) is 8.50. The lowest BCUT2D eigenvalue weighted by Crippen LogP contribution is -1.94.